The van der Waals surface area contributed by atoms with E-state index < -0.39 is 0 Å². The summed E-state index contributed by atoms with van der Waals surface area (Å²) in [5, 5.41) is 7.11. The Bertz CT molecular complexity index is 663. The molecule has 2 N–H and O–H groups in total. The van der Waals surface area contributed by atoms with Crippen molar-refractivity contribution < 1.29 is 9.15 Å². The van der Waals surface area contributed by atoms with E-state index in [1.165, 1.54) is 12.8 Å². The zero-order valence-electron chi connectivity index (χ0n) is 20.4. The van der Waals surface area contributed by atoms with E-state index in [1.807, 2.05) is 13.8 Å². The molecule has 3 rings (SSSR count). The standard InChI is InChI=1S/C23H42N6O2.HI/c1-5-24-23(27-21-8-12-28(13-9-21)14-15-30-4)25-16-20-6-10-29(11-7-20)17-22-26-18(2)19(3)31-22;/h20-21H,5-17H2,1-4H3,(H2,24,25,27);1H. The van der Waals surface area contributed by atoms with E-state index in [0.717, 1.165) is 95.1 Å². The summed E-state index contributed by atoms with van der Waals surface area (Å²) in [5.74, 6) is 3.41. The number of likely N-dealkylation sites (tertiary alicyclic amines) is 2. The molecule has 2 aliphatic rings. The van der Waals surface area contributed by atoms with Crippen LogP contribution in [0.15, 0.2) is 9.41 Å². The molecule has 0 amide bonds. The van der Waals surface area contributed by atoms with Gasteiger partial charge in [-0.2, -0.15) is 0 Å². The van der Waals surface area contributed by atoms with Crippen LogP contribution in [0.2, 0.25) is 0 Å². The van der Waals surface area contributed by atoms with Gasteiger partial charge in [0.15, 0.2) is 5.96 Å². The molecule has 9 heteroatoms. The van der Waals surface area contributed by atoms with Crippen molar-refractivity contribution in [2.24, 2.45) is 10.9 Å². The number of methoxy groups -OCH3 is 1. The fraction of sp³-hybridized carbons (Fsp3) is 0.826. The molecule has 2 saturated heterocycles. The van der Waals surface area contributed by atoms with Crippen molar-refractivity contribution in [1.29, 1.82) is 0 Å². The van der Waals surface area contributed by atoms with E-state index in [0.29, 0.717) is 12.0 Å². The lowest BCUT2D eigenvalue weighted by atomic mass is 9.97. The van der Waals surface area contributed by atoms with Gasteiger partial charge in [-0.1, -0.05) is 0 Å². The van der Waals surface area contributed by atoms with Gasteiger partial charge in [-0.15, -0.1) is 24.0 Å². The molecule has 32 heavy (non-hydrogen) atoms. The zero-order chi connectivity index (χ0) is 22.1. The fourth-order valence-corrected chi connectivity index (χ4v) is 4.38. The third-order valence-corrected chi connectivity index (χ3v) is 6.53. The highest BCUT2D eigenvalue weighted by atomic mass is 127. The Morgan fingerprint density at radius 2 is 1.81 bits per heavy atom. The molecule has 1 aromatic rings. The minimum atomic E-state index is 0. The predicted octanol–water partition coefficient (Wildman–Crippen LogP) is 2.79. The van der Waals surface area contributed by atoms with Crippen LogP contribution >= 0.6 is 24.0 Å². The number of guanidine groups is 1. The van der Waals surface area contributed by atoms with E-state index in [1.54, 1.807) is 7.11 Å². The Hall–Kier alpha value is -0.910. The van der Waals surface area contributed by atoms with Gasteiger partial charge >= 0.3 is 0 Å². The highest BCUT2D eigenvalue weighted by Gasteiger charge is 2.22. The first-order valence-electron chi connectivity index (χ1n) is 12.0. The van der Waals surface area contributed by atoms with E-state index in [9.17, 15) is 0 Å². The molecule has 0 radical (unpaired) electrons. The van der Waals surface area contributed by atoms with Gasteiger partial charge in [0, 0.05) is 45.9 Å². The van der Waals surface area contributed by atoms with Gasteiger partial charge in [-0.05, 0) is 65.5 Å². The lowest BCUT2D eigenvalue weighted by Gasteiger charge is -2.33. The van der Waals surface area contributed by atoms with Gasteiger partial charge in [0.25, 0.3) is 0 Å². The second kappa shape index (κ2) is 14.4. The van der Waals surface area contributed by atoms with Crippen LogP contribution in [-0.2, 0) is 11.3 Å². The molecule has 1 aromatic heterocycles. The SMILES string of the molecule is CCNC(=NCC1CCN(Cc2nc(C)c(C)o2)CC1)NC1CCN(CCOC)CC1.I. The summed E-state index contributed by atoms with van der Waals surface area (Å²) in [6.45, 7) is 15.0. The monoisotopic (exact) mass is 562 g/mol. The van der Waals surface area contributed by atoms with E-state index in [-0.39, 0.29) is 24.0 Å². The number of nitrogens with zero attached hydrogens (tertiary/aromatic N) is 4. The lowest BCUT2D eigenvalue weighted by Crippen LogP contribution is -2.49. The largest absolute Gasteiger partial charge is 0.444 e. The van der Waals surface area contributed by atoms with Gasteiger partial charge in [0.1, 0.15) is 5.76 Å². The second-order valence-corrected chi connectivity index (χ2v) is 8.94. The number of oxazole rings is 1. The summed E-state index contributed by atoms with van der Waals surface area (Å²) in [6.07, 6.45) is 4.68. The predicted molar refractivity (Wildman–Crippen MR) is 140 cm³/mol. The number of aryl methyl sites for hydroxylation is 2. The Kier molecular flexibility index (Phi) is 12.3. The molecule has 0 aliphatic carbocycles. The molecule has 0 bridgehead atoms. The molecule has 0 aromatic carbocycles. The molecule has 2 fully saturated rings. The molecule has 3 heterocycles. The van der Waals surface area contributed by atoms with Crippen LogP contribution in [0.4, 0.5) is 0 Å². The number of halogens is 1. The maximum absolute atomic E-state index is 5.75. The average molecular weight is 563 g/mol. The fourth-order valence-electron chi connectivity index (χ4n) is 4.38. The number of rotatable bonds is 9. The molecular weight excluding hydrogens is 519 g/mol. The van der Waals surface area contributed by atoms with E-state index in [2.05, 4.69) is 32.3 Å². The first-order valence-corrected chi connectivity index (χ1v) is 12.0. The van der Waals surface area contributed by atoms with E-state index >= 15 is 0 Å². The number of ether oxygens (including phenoxy) is 1. The minimum Gasteiger partial charge on any atom is -0.444 e. The molecule has 2 aliphatic heterocycles. The van der Waals surface area contributed by atoms with Gasteiger partial charge in [-0.25, -0.2) is 4.98 Å². The van der Waals surface area contributed by atoms with Crippen molar-refractivity contribution in [1.82, 2.24) is 25.4 Å². The van der Waals surface area contributed by atoms with Crippen molar-refractivity contribution >= 4 is 29.9 Å². The van der Waals surface area contributed by atoms with Crippen LogP contribution in [0.1, 0.15) is 50.0 Å². The first-order chi connectivity index (χ1) is 15.1. The highest BCUT2D eigenvalue weighted by molar-refractivity contribution is 14.0. The summed E-state index contributed by atoms with van der Waals surface area (Å²) in [6, 6.07) is 0.506. The van der Waals surface area contributed by atoms with Gasteiger partial charge in [0.2, 0.25) is 5.89 Å². The summed E-state index contributed by atoms with van der Waals surface area (Å²) in [5.41, 5.74) is 1.00. The quantitative estimate of drug-likeness (QED) is 0.272. The van der Waals surface area contributed by atoms with Gasteiger partial charge in [-0.3, -0.25) is 9.89 Å². The zero-order valence-corrected chi connectivity index (χ0v) is 22.7. The maximum Gasteiger partial charge on any atom is 0.208 e. The third kappa shape index (κ3) is 8.79. The number of hydrogen-bond donors (Lipinski definition) is 2. The van der Waals surface area contributed by atoms with Crippen LogP contribution in [-0.4, -0.2) is 86.3 Å². The van der Waals surface area contributed by atoms with Gasteiger partial charge in [0.05, 0.1) is 18.8 Å². The molecule has 0 atom stereocenters. The van der Waals surface area contributed by atoms with Crippen molar-refractivity contribution in [3.63, 3.8) is 0 Å². The highest BCUT2D eigenvalue weighted by Crippen LogP contribution is 2.20. The summed E-state index contributed by atoms with van der Waals surface area (Å²) < 4.78 is 10.9. The van der Waals surface area contributed by atoms with Crippen LogP contribution in [0.5, 0.6) is 0 Å². The third-order valence-electron chi connectivity index (χ3n) is 6.53. The smallest absolute Gasteiger partial charge is 0.208 e. The van der Waals surface area contributed by atoms with Crippen LogP contribution in [0.25, 0.3) is 0 Å². The summed E-state index contributed by atoms with van der Waals surface area (Å²) >= 11 is 0. The Labute approximate surface area is 211 Å². The number of hydrogen-bond acceptors (Lipinski definition) is 6. The molecular formula is C23H43IN6O2. The number of piperidine rings is 2. The van der Waals surface area contributed by atoms with Crippen molar-refractivity contribution in [3.05, 3.63) is 17.3 Å². The molecule has 8 nitrogen and oxygen atoms in total. The van der Waals surface area contributed by atoms with E-state index in [4.69, 9.17) is 14.1 Å². The summed E-state index contributed by atoms with van der Waals surface area (Å²) in [4.78, 5) is 14.4. The maximum atomic E-state index is 5.75. The molecule has 184 valence electrons. The average Bonchev–Trinajstić information content (AvgIpc) is 3.09. The van der Waals surface area contributed by atoms with Crippen LogP contribution in [0, 0.1) is 19.8 Å². The second-order valence-electron chi connectivity index (χ2n) is 8.94. The van der Waals surface area contributed by atoms with Crippen molar-refractivity contribution in [2.45, 2.75) is 59.0 Å². The first kappa shape index (κ1) is 27.3. The number of aromatic nitrogens is 1. The van der Waals surface area contributed by atoms with Crippen molar-refractivity contribution in [2.75, 3.05) is 59.5 Å². The van der Waals surface area contributed by atoms with Crippen LogP contribution in [0.3, 0.4) is 0 Å². The van der Waals surface area contributed by atoms with Crippen molar-refractivity contribution in [3.8, 4) is 0 Å². The van der Waals surface area contributed by atoms with Crippen LogP contribution < -0.4 is 10.6 Å². The van der Waals surface area contributed by atoms with Gasteiger partial charge < -0.3 is 24.7 Å². The summed E-state index contributed by atoms with van der Waals surface area (Å²) in [7, 11) is 1.77. The number of aliphatic imine (C=N–C) groups is 1. The Morgan fingerprint density at radius 3 is 2.41 bits per heavy atom. The minimum absolute atomic E-state index is 0. The molecule has 0 unspecified atom stereocenters. The Balaban J connectivity index is 0.00000363. The molecule has 0 spiro atoms. The topological polar surface area (TPSA) is 78.2 Å². The molecule has 0 saturated carbocycles. The number of nitrogens with one attached hydrogen (secondary N) is 2. The normalized spacial score (nSPS) is 19.7. The lowest BCUT2D eigenvalue weighted by molar-refractivity contribution is 0.128. The Morgan fingerprint density at radius 1 is 1.12 bits per heavy atom.